The standard InChI is InChI=1S/C16H23NO5S2/c1-4-13-11(3)8-14(23-13)16(19)22-9-15(18)17(5-2)12-6-7-24(20,21)10-12/h8,12H,4-7,9-10H2,1-3H3. The summed E-state index contributed by atoms with van der Waals surface area (Å²) in [6, 6.07) is 1.46. The van der Waals surface area contributed by atoms with Crippen LogP contribution in [0.5, 0.6) is 0 Å². The van der Waals surface area contributed by atoms with Crippen molar-refractivity contribution in [2.45, 2.75) is 39.7 Å². The Hall–Kier alpha value is -1.41. The molecule has 2 rings (SSSR count). The molecule has 1 amide bonds. The van der Waals surface area contributed by atoms with E-state index in [0.29, 0.717) is 17.8 Å². The van der Waals surface area contributed by atoms with Gasteiger partial charge in [-0.1, -0.05) is 6.92 Å². The van der Waals surface area contributed by atoms with E-state index in [-0.39, 0.29) is 30.1 Å². The van der Waals surface area contributed by atoms with Crippen LogP contribution in [0.3, 0.4) is 0 Å². The van der Waals surface area contributed by atoms with Crippen molar-refractivity contribution in [3.63, 3.8) is 0 Å². The molecule has 0 bridgehead atoms. The van der Waals surface area contributed by atoms with Gasteiger partial charge in [0.2, 0.25) is 0 Å². The molecule has 1 aliphatic heterocycles. The monoisotopic (exact) mass is 373 g/mol. The van der Waals surface area contributed by atoms with Crippen LogP contribution in [-0.2, 0) is 25.8 Å². The van der Waals surface area contributed by atoms with E-state index in [2.05, 4.69) is 0 Å². The van der Waals surface area contributed by atoms with Crippen molar-refractivity contribution >= 4 is 33.1 Å². The minimum Gasteiger partial charge on any atom is -0.451 e. The Bertz CT molecular complexity index is 723. The van der Waals surface area contributed by atoms with E-state index in [1.54, 1.807) is 13.0 Å². The van der Waals surface area contributed by atoms with Crippen molar-refractivity contribution in [1.82, 2.24) is 4.90 Å². The summed E-state index contributed by atoms with van der Waals surface area (Å²) < 4.78 is 28.3. The highest BCUT2D eigenvalue weighted by atomic mass is 32.2. The number of ether oxygens (including phenoxy) is 1. The fourth-order valence-corrected chi connectivity index (χ4v) is 5.65. The van der Waals surface area contributed by atoms with Crippen LogP contribution in [0.4, 0.5) is 0 Å². The normalized spacial score (nSPS) is 19.2. The van der Waals surface area contributed by atoms with Crippen LogP contribution in [0.1, 0.15) is 40.4 Å². The minimum absolute atomic E-state index is 0.00942. The summed E-state index contributed by atoms with van der Waals surface area (Å²) in [5, 5.41) is 0. The number of carbonyl (C=O) groups is 2. The second-order valence-electron chi connectivity index (χ2n) is 5.88. The molecular weight excluding hydrogens is 350 g/mol. The second kappa shape index (κ2) is 7.65. The SMILES string of the molecule is CCc1sc(C(=O)OCC(=O)N(CC)C2CCS(=O)(=O)C2)cc1C. The molecule has 1 aromatic heterocycles. The maximum absolute atomic E-state index is 12.3. The quantitative estimate of drug-likeness (QED) is 0.711. The molecule has 24 heavy (non-hydrogen) atoms. The summed E-state index contributed by atoms with van der Waals surface area (Å²) in [5.41, 5.74) is 1.05. The predicted molar refractivity (Wildman–Crippen MR) is 93.2 cm³/mol. The zero-order valence-corrected chi connectivity index (χ0v) is 15.8. The number of hydrogen-bond acceptors (Lipinski definition) is 6. The number of likely N-dealkylation sites (N-methyl/N-ethyl adjacent to an activating group) is 1. The van der Waals surface area contributed by atoms with Gasteiger partial charge in [-0.25, -0.2) is 13.2 Å². The van der Waals surface area contributed by atoms with Crippen molar-refractivity contribution in [3.8, 4) is 0 Å². The van der Waals surface area contributed by atoms with Gasteiger partial charge >= 0.3 is 5.97 Å². The zero-order chi connectivity index (χ0) is 17.9. The molecule has 1 saturated heterocycles. The summed E-state index contributed by atoms with van der Waals surface area (Å²) in [6.45, 7) is 5.79. The van der Waals surface area contributed by atoms with Crippen LogP contribution < -0.4 is 0 Å². The van der Waals surface area contributed by atoms with Crippen LogP contribution in [0.25, 0.3) is 0 Å². The Balaban J connectivity index is 1.94. The molecule has 0 radical (unpaired) electrons. The van der Waals surface area contributed by atoms with Gasteiger partial charge in [-0.15, -0.1) is 11.3 Å². The Morgan fingerprint density at radius 2 is 2.08 bits per heavy atom. The minimum atomic E-state index is -3.06. The fourth-order valence-electron chi connectivity index (χ4n) is 2.91. The molecule has 1 atom stereocenters. The van der Waals surface area contributed by atoms with Crippen LogP contribution >= 0.6 is 11.3 Å². The average molecular weight is 373 g/mol. The van der Waals surface area contributed by atoms with Gasteiger partial charge in [-0.2, -0.15) is 0 Å². The number of aryl methyl sites for hydroxylation is 2. The lowest BCUT2D eigenvalue weighted by atomic mass is 10.2. The number of amides is 1. The zero-order valence-electron chi connectivity index (χ0n) is 14.2. The number of hydrogen-bond donors (Lipinski definition) is 0. The molecule has 1 aromatic rings. The maximum Gasteiger partial charge on any atom is 0.348 e. The van der Waals surface area contributed by atoms with Gasteiger partial charge in [-0.3, -0.25) is 4.79 Å². The Morgan fingerprint density at radius 3 is 2.58 bits per heavy atom. The molecule has 8 heteroatoms. The Labute approximate surface area is 146 Å². The lowest BCUT2D eigenvalue weighted by molar-refractivity contribution is -0.136. The summed E-state index contributed by atoms with van der Waals surface area (Å²) >= 11 is 1.38. The third kappa shape index (κ3) is 4.36. The molecule has 6 nitrogen and oxygen atoms in total. The highest BCUT2D eigenvalue weighted by molar-refractivity contribution is 7.91. The van der Waals surface area contributed by atoms with Gasteiger partial charge in [0.05, 0.1) is 11.5 Å². The number of thiophene rings is 1. The van der Waals surface area contributed by atoms with E-state index in [9.17, 15) is 18.0 Å². The second-order valence-corrected chi connectivity index (χ2v) is 9.25. The number of carbonyl (C=O) groups excluding carboxylic acids is 2. The van der Waals surface area contributed by atoms with E-state index in [1.165, 1.54) is 16.2 Å². The predicted octanol–water partition coefficient (Wildman–Crippen LogP) is 1.81. The fraction of sp³-hybridized carbons (Fsp3) is 0.625. The Morgan fingerprint density at radius 1 is 1.38 bits per heavy atom. The lowest BCUT2D eigenvalue weighted by Gasteiger charge is -2.26. The van der Waals surface area contributed by atoms with E-state index in [0.717, 1.165) is 16.9 Å². The van der Waals surface area contributed by atoms with Gasteiger partial charge in [0.15, 0.2) is 16.4 Å². The van der Waals surface area contributed by atoms with Crippen LogP contribution in [0, 0.1) is 6.92 Å². The van der Waals surface area contributed by atoms with Crippen molar-refractivity contribution in [2.75, 3.05) is 24.7 Å². The number of nitrogens with zero attached hydrogens (tertiary/aromatic N) is 1. The van der Waals surface area contributed by atoms with Crippen molar-refractivity contribution in [3.05, 3.63) is 21.4 Å². The largest absolute Gasteiger partial charge is 0.451 e. The first-order valence-electron chi connectivity index (χ1n) is 8.03. The van der Waals surface area contributed by atoms with Gasteiger partial charge in [0.1, 0.15) is 4.88 Å². The molecule has 2 heterocycles. The van der Waals surface area contributed by atoms with Crippen molar-refractivity contribution < 1.29 is 22.7 Å². The van der Waals surface area contributed by atoms with Gasteiger partial charge in [0.25, 0.3) is 5.91 Å². The third-order valence-corrected chi connectivity index (χ3v) is 7.29. The summed E-state index contributed by atoms with van der Waals surface area (Å²) in [4.78, 5) is 27.5. The highest BCUT2D eigenvalue weighted by Gasteiger charge is 2.34. The smallest absolute Gasteiger partial charge is 0.348 e. The molecule has 0 spiro atoms. The molecular formula is C16H23NO5S2. The lowest BCUT2D eigenvalue weighted by Crippen LogP contribution is -2.43. The number of rotatable bonds is 6. The summed E-state index contributed by atoms with van der Waals surface area (Å²) in [5.74, 6) is -0.761. The summed E-state index contributed by atoms with van der Waals surface area (Å²) in [6.07, 6.45) is 1.29. The molecule has 1 fully saturated rings. The molecule has 0 saturated carbocycles. The Kier molecular flexibility index (Phi) is 6.03. The number of sulfone groups is 1. The van der Waals surface area contributed by atoms with Crippen LogP contribution in [-0.4, -0.2) is 55.9 Å². The number of esters is 1. The van der Waals surface area contributed by atoms with E-state index in [4.69, 9.17) is 4.74 Å². The molecule has 1 aliphatic rings. The molecule has 0 aliphatic carbocycles. The molecule has 134 valence electrons. The molecule has 0 aromatic carbocycles. The first-order valence-corrected chi connectivity index (χ1v) is 10.7. The van der Waals surface area contributed by atoms with Crippen LogP contribution in [0.15, 0.2) is 6.07 Å². The van der Waals surface area contributed by atoms with Crippen molar-refractivity contribution in [1.29, 1.82) is 0 Å². The summed E-state index contributed by atoms with van der Waals surface area (Å²) in [7, 11) is -3.06. The van der Waals surface area contributed by atoms with Gasteiger partial charge in [-0.05, 0) is 38.3 Å². The first-order chi connectivity index (χ1) is 11.3. The maximum atomic E-state index is 12.3. The van der Waals surface area contributed by atoms with E-state index >= 15 is 0 Å². The van der Waals surface area contributed by atoms with Gasteiger partial charge < -0.3 is 9.64 Å². The van der Waals surface area contributed by atoms with E-state index < -0.39 is 15.8 Å². The highest BCUT2D eigenvalue weighted by Crippen LogP contribution is 2.23. The average Bonchev–Trinajstić information content (AvgIpc) is 3.08. The topological polar surface area (TPSA) is 80.8 Å². The first kappa shape index (κ1) is 18.9. The third-order valence-electron chi connectivity index (χ3n) is 4.18. The van der Waals surface area contributed by atoms with Crippen molar-refractivity contribution in [2.24, 2.45) is 0 Å². The van der Waals surface area contributed by atoms with Crippen LogP contribution in [0.2, 0.25) is 0 Å². The van der Waals surface area contributed by atoms with E-state index in [1.807, 2.05) is 13.8 Å². The van der Waals surface area contributed by atoms with Gasteiger partial charge in [0, 0.05) is 17.5 Å². The molecule has 0 N–H and O–H groups in total. The molecule has 1 unspecified atom stereocenters.